The van der Waals surface area contributed by atoms with E-state index in [0.717, 1.165) is 20.5 Å². The van der Waals surface area contributed by atoms with Crippen LogP contribution in [0.5, 0.6) is 11.5 Å². The molecule has 7 nitrogen and oxygen atoms in total. The molecule has 0 saturated heterocycles. The smallest absolute Gasteiger partial charge is 0.267 e. The van der Waals surface area contributed by atoms with Crippen molar-refractivity contribution in [1.82, 2.24) is 15.1 Å². The van der Waals surface area contributed by atoms with Crippen molar-refractivity contribution >= 4 is 21.8 Å². The Morgan fingerprint density at radius 2 is 1.67 bits per heavy atom. The maximum absolute atomic E-state index is 12.2. The van der Waals surface area contributed by atoms with Gasteiger partial charge in [0, 0.05) is 16.1 Å². The van der Waals surface area contributed by atoms with Crippen molar-refractivity contribution in [3.8, 4) is 22.8 Å². The maximum Gasteiger partial charge on any atom is 0.267 e. The lowest BCUT2D eigenvalue weighted by Gasteiger charge is -2.10. The maximum atomic E-state index is 12.2. The molecule has 0 fully saturated rings. The van der Waals surface area contributed by atoms with E-state index in [1.165, 1.54) is 6.07 Å². The Bertz CT molecular complexity index is 1030. The standard InChI is InChI=1S/C22H22BrN3O4/c1-2-29-18-7-9-19(10-8-18)30-14-13-24-21(27)15-26-22(28)12-11-20(25-26)16-3-5-17(23)6-4-16/h3-12H,2,13-15H2,1H3,(H,24,27). The number of nitrogens with zero attached hydrogens (tertiary/aromatic N) is 2. The third-order valence-electron chi connectivity index (χ3n) is 4.13. The van der Waals surface area contributed by atoms with Crippen LogP contribution in [0, 0.1) is 0 Å². The molecule has 0 aliphatic heterocycles. The van der Waals surface area contributed by atoms with E-state index < -0.39 is 0 Å². The summed E-state index contributed by atoms with van der Waals surface area (Å²) in [4.78, 5) is 24.3. The molecule has 0 aliphatic rings. The van der Waals surface area contributed by atoms with Crippen LogP contribution < -0.4 is 20.3 Å². The molecule has 2 aromatic carbocycles. The van der Waals surface area contributed by atoms with E-state index in [1.54, 1.807) is 6.07 Å². The van der Waals surface area contributed by atoms with Gasteiger partial charge in [0.05, 0.1) is 18.8 Å². The molecule has 1 heterocycles. The van der Waals surface area contributed by atoms with Gasteiger partial charge in [0.2, 0.25) is 5.91 Å². The number of rotatable bonds is 9. The minimum atomic E-state index is -0.336. The largest absolute Gasteiger partial charge is 0.494 e. The van der Waals surface area contributed by atoms with Crippen molar-refractivity contribution in [2.75, 3.05) is 19.8 Å². The zero-order chi connectivity index (χ0) is 21.3. The quantitative estimate of drug-likeness (QED) is 0.484. The number of halogens is 1. The Balaban J connectivity index is 1.50. The fourth-order valence-electron chi connectivity index (χ4n) is 2.69. The van der Waals surface area contributed by atoms with Crippen molar-refractivity contribution in [3.63, 3.8) is 0 Å². The van der Waals surface area contributed by atoms with Crippen LogP contribution >= 0.6 is 15.9 Å². The topological polar surface area (TPSA) is 82.4 Å². The van der Waals surface area contributed by atoms with Gasteiger partial charge in [-0.15, -0.1) is 0 Å². The lowest BCUT2D eigenvalue weighted by Crippen LogP contribution is -2.35. The van der Waals surface area contributed by atoms with E-state index in [-0.39, 0.29) is 18.0 Å². The van der Waals surface area contributed by atoms with E-state index in [4.69, 9.17) is 9.47 Å². The highest BCUT2D eigenvalue weighted by molar-refractivity contribution is 9.10. The summed E-state index contributed by atoms with van der Waals surface area (Å²) in [6.45, 7) is 2.99. The van der Waals surface area contributed by atoms with Crippen LogP contribution in [0.15, 0.2) is 69.9 Å². The monoisotopic (exact) mass is 471 g/mol. The fraction of sp³-hybridized carbons (Fsp3) is 0.227. The van der Waals surface area contributed by atoms with Gasteiger partial charge in [-0.1, -0.05) is 28.1 Å². The number of amides is 1. The van der Waals surface area contributed by atoms with E-state index in [1.807, 2.05) is 55.5 Å². The molecule has 0 unspecified atom stereocenters. The average Bonchev–Trinajstić information content (AvgIpc) is 2.75. The van der Waals surface area contributed by atoms with Crippen molar-refractivity contribution in [1.29, 1.82) is 0 Å². The molecule has 1 aromatic heterocycles. The van der Waals surface area contributed by atoms with Gasteiger partial charge in [-0.25, -0.2) is 4.68 Å². The zero-order valence-corrected chi connectivity index (χ0v) is 18.1. The summed E-state index contributed by atoms with van der Waals surface area (Å²) in [7, 11) is 0. The molecule has 1 amide bonds. The summed E-state index contributed by atoms with van der Waals surface area (Å²) >= 11 is 3.39. The Hall–Kier alpha value is -3.13. The van der Waals surface area contributed by atoms with Crippen LogP contribution in [-0.2, 0) is 11.3 Å². The molecule has 0 spiro atoms. The van der Waals surface area contributed by atoms with Crippen LogP contribution in [0.1, 0.15) is 6.92 Å². The van der Waals surface area contributed by atoms with E-state index in [0.29, 0.717) is 31.2 Å². The fourth-order valence-corrected chi connectivity index (χ4v) is 2.95. The van der Waals surface area contributed by atoms with Gasteiger partial charge in [-0.2, -0.15) is 5.10 Å². The lowest BCUT2D eigenvalue weighted by molar-refractivity contribution is -0.122. The third kappa shape index (κ3) is 6.18. The van der Waals surface area contributed by atoms with Crippen molar-refractivity contribution in [2.45, 2.75) is 13.5 Å². The molecule has 3 aromatic rings. The van der Waals surface area contributed by atoms with Crippen LogP contribution in [0.2, 0.25) is 0 Å². The second kappa shape index (κ2) is 10.6. The van der Waals surface area contributed by atoms with Gasteiger partial charge in [-0.3, -0.25) is 9.59 Å². The summed E-state index contributed by atoms with van der Waals surface area (Å²) in [5.41, 5.74) is 1.14. The molecule has 0 radical (unpaired) electrons. The Labute approximate surface area is 182 Å². The molecule has 0 saturated carbocycles. The predicted molar refractivity (Wildman–Crippen MR) is 118 cm³/mol. The highest BCUT2D eigenvalue weighted by atomic mass is 79.9. The van der Waals surface area contributed by atoms with Gasteiger partial charge in [0.1, 0.15) is 24.7 Å². The number of carbonyl (C=O) groups is 1. The molecule has 8 heteroatoms. The second-order valence-corrected chi connectivity index (χ2v) is 7.24. The third-order valence-corrected chi connectivity index (χ3v) is 4.66. The first-order chi connectivity index (χ1) is 14.5. The molecular formula is C22H22BrN3O4. The number of benzene rings is 2. The molecule has 156 valence electrons. The second-order valence-electron chi connectivity index (χ2n) is 6.32. The first-order valence-electron chi connectivity index (χ1n) is 9.51. The molecule has 0 aliphatic carbocycles. The van der Waals surface area contributed by atoms with E-state index in [2.05, 4.69) is 26.3 Å². The van der Waals surface area contributed by atoms with Gasteiger partial charge < -0.3 is 14.8 Å². The first kappa shape index (κ1) is 21.6. The lowest BCUT2D eigenvalue weighted by atomic mass is 10.1. The number of nitrogens with one attached hydrogen (secondary N) is 1. The van der Waals surface area contributed by atoms with Gasteiger partial charge in [-0.05, 0) is 49.4 Å². The van der Waals surface area contributed by atoms with Gasteiger partial charge in [0.15, 0.2) is 0 Å². The Morgan fingerprint density at radius 3 is 2.33 bits per heavy atom. The SMILES string of the molecule is CCOc1ccc(OCCNC(=O)Cn2nc(-c3ccc(Br)cc3)ccc2=O)cc1. The van der Waals surface area contributed by atoms with E-state index in [9.17, 15) is 9.59 Å². The number of hydrogen-bond acceptors (Lipinski definition) is 5. The van der Waals surface area contributed by atoms with Gasteiger partial charge in [0.25, 0.3) is 5.56 Å². The summed E-state index contributed by atoms with van der Waals surface area (Å²) in [5, 5.41) is 7.03. The zero-order valence-electron chi connectivity index (χ0n) is 16.5. The van der Waals surface area contributed by atoms with Crippen LogP contribution in [0.25, 0.3) is 11.3 Å². The molecule has 1 N–H and O–H groups in total. The number of hydrogen-bond donors (Lipinski definition) is 1. The molecule has 0 bridgehead atoms. The molecular weight excluding hydrogens is 450 g/mol. The Kier molecular flexibility index (Phi) is 7.62. The summed E-state index contributed by atoms with van der Waals surface area (Å²) in [6.07, 6.45) is 0. The summed E-state index contributed by atoms with van der Waals surface area (Å²) < 4.78 is 13.1. The van der Waals surface area contributed by atoms with Gasteiger partial charge >= 0.3 is 0 Å². The average molecular weight is 472 g/mol. The van der Waals surface area contributed by atoms with Crippen LogP contribution in [-0.4, -0.2) is 35.4 Å². The molecule has 3 rings (SSSR count). The number of aromatic nitrogens is 2. The van der Waals surface area contributed by atoms with Crippen LogP contribution in [0.3, 0.4) is 0 Å². The minimum Gasteiger partial charge on any atom is -0.494 e. The number of carbonyl (C=O) groups excluding carboxylic acids is 1. The van der Waals surface area contributed by atoms with Crippen molar-refractivity contribution < 1.29 is 14.3 Å². The number of ether oxygens (including phenoxy) is 2. The van der Waals surface area contributed by atoms with E-state index >= 15 is 0 Å². The highest BCUT2D eigenvalue weighted by Gasteiger charge is 2.08. The summed E-state index contributed by atoms with van der Waals surface area (Å²) in [6, 6.07) is 17.9. The van der Waals surface area contributed by atoms with Crippen molar-refractivity contribution in [2.24, 2.45) is 0 Å². The highest BCUT2D eigenvalue weighted by Crippen LogP contribution is 2.19. The molecule has 30 heavy (non-hydrogen) atoms. The Morgan fingerprint density at radius 1 is 1.00 bits per heavy atom. The van der Waals surface area contributed by atoms with Crippen LogP contribution in [0.4, 0.5) is 0 Å². The molecule has 0 atom stereocenters. The minimum absolute atomic E-state index is 0.160. The first-order valence-corrected chi connectivity index (χ1v) is 10.3. The van der Waals surface area contributed by atoms with Crippen molar-refractivity contribution in [3.05, 3.63) is 75.5 Å². The predicted octanol–water partition coefficient (Wildman–Crippen LogP) is 3.27. The summed E-state index contributed by atoms with van der Waals surface area (Å²) in [5.74, 6) is 1.15. The normalized spacial score (nSPS) is 10.5.